The molecule has 1 aromatic heterocycles. The number of aryl methyl sites for hydroxylation is 1. The SMILES string of the molecule is Cn1ccc([C@@H](CN)C2(C(=O)O)CCC2)n1. The number of nitrogens with two attached hydrogens (primary N) is 1. The summed E-state index contributed by atoms with van der Waals surface area (Å²) >= 11 is 0. The van der Waals surface area contributed by atoms with Crippen molar-refractivity contribution in [3.8, 4) is 0 Å². The maximum absolute atomic E-state index is 11.4. The van der Waals surface area contributed by atoms with Crippen LogP contribution in [0.4, 0.5) is 0 Å². The summed E-state index contributed by atoms with van der Waals surface area (Å²) in [5.41, 5.74) is 5.86. The van der Waals surface area contributed by atoms with Crippen molar-refractivity contribution in [1.29, 1.82) is 0 Å². The molecule has 0 saturated heterocycles. The van der Waals surface area contributed by atoms with Crippen LogP contribution >= 0.6 is 0 Å². The first-order chi connectivity index (χ1) is 7.60. The highest BCUT2D eigenvalue weighted by Crippen LogP contribution is 2.50. The summed E-state index contributed by atoms with van der Waals surface area (Å²) in [7, 11) is 1.82. The molecule has 1 aliphatic rings. The number of nitrogens with zero attached hydrogens (tertiary/aromatic N) is 2. The van der Waals surface area contributed by atoms with Gasteiger partial charge in [0.1, 0.15) is 0 Å². The summed E-state index contributed by atoms with van der Waals surface area (Å²) in [5, 5.41) is 13.6. The molecule has 5 nitrogen and oxygen atoms in total. The lowest BCUT2D eigenvalue weighted by Crippen LogP contribution is -2.46. The molecule has 1 heterocycles. The van der Waals surface area contributed by atoms with Gasteiger partial charge in [-0.15, -0.1) is 0 Å². The van der Waals surface area contributed by atoms with Crippen molar-refractivity contribution in [2.75, 3.05) is 6.54 Å². The zero-order chi connectivity index (χ0) is 11.8. The quantitative estimate of drug-likeness (QED) is 0.788. The number of rotatable bonds is 4. The second kappa shape index (κ2) is 3.90. The molecule has 2 rings (SSSR count). The topological polar surface area (TPSA) is 81.1 Å². The summed E-state index contributed by atoms with van der Waals surface area (Å²) in [5.74, 6) is -0.903. The van der Waals surface area contributed by atoms with Gasteiger partial charge in [-0.2, -0.15) is 5.10 Å². The van der Waals surface area contributed by atoms with Crippen molar-refractivity contribution in [3.63, 3.8) is 0 Å². The summed E-state index contributed by atoms with van der Waals surface area (Å²) in [4.78, 5) is 11.4. The average Bonchev–Trinajstić information content (AvgIpc) is 2.56. The van der Waals surface area contributed by atoms with E-state index in [1.54, 1.807) is 4.68 Å². The van der Waals surface area contributed by atoms with Gasteiger partial charge < -0.3 is 10.8 Å². The van der Waals surface area contributed by atoms with Crippen LogP contribution in [0.2, 0.25) is 0 Å². The molecule has 5 heteroatoms. The Bertz CT molecular complexity index is 396. The fourth-order valence-corrected chi connectivity index (χ4v) is 2.52. The average molecular weight is 223 g/mol. The molecule has 1 fully saturated rings. The van der Waals surface area contributed by atoms with Crippen molar-refractivity contribution < 1.29 is 9.90 Å². The van der Waals surface area contributed by atoms with E-state index in [1.165, 1.54) is 0 Å². The lowest BCUT2D eigenvalue weighted by atomic mass is 9.60. The molecule has 0 radical (unpaired) electrons. The molecule has 1 aliphatic carbocycles. The Labute approximate surface area is 94.2 Å². The monoisotopic (exact) mass is 223 g/mol. The van der Waals surface area contributed by atoms with E-state index < -0.39 is 11.4 Å². The maximum Gasteiger partial charge on any atom is 0.310 e. The van der Waals surface area contributed by atoms with Gasteiger partial charge in [0.2, 0.25) is 0 Å². The van der Waals surface area contributed by atoms with Crippen LogP contribution in [0.25, 0.3) is 0 Å². The maximum atomic E-state index is 11.4. The molecule has 0 spiro atoms. The van der Waals surface area contributed by atoms with Gasteiger partial charge in [0.05, 0.1) is 11.1 Å². The number of carbonyl (C=O) groups is 1. The van der Waals surface area contributed by atoms with Crippen molar-refractivity contribution in [2.24, 2.45) is 18.2 Å². The number of hydrogen-bond donors (Lipinski definition) is 2. The molecule has 1 atom stereocenters. The molecule has 1 aromatic rings. The Morgan fingerprint density at radius 1 is 1.75 bits per heavy atom. The second-order valence-electron chi connectivity index (χ2n) is 4.52. The highest BCUT2D eigenvalue weighted by Gasteiger charge is 2.51. The van der Waals surface area contributed by atoms with Gasteiger partial charge in [0.15, 0.2) is 0 Å². The molecule has 0 aliphatic heterocycles. The van der Waals surface area contributed by atoms with Gasteiger partial charge >= 0.3 is 5.97 Å². The minimum Gasteiger partial charge on any atom is -0.481 e. The Hall–Kier alpha value is -1.36. The van der Waals surface area contributed by atoms with E-state index in [0.29, 0.717) is 19.4 Å². The second-order valence-corrected chi connectivity index (χ2v) is 4.52. The predicted octanol–water partition coefficient (Wildman–Crippen LogP) is 0.717. The Kier molecular flexibility index (Phi) is 2.71. The normalized spacial score (nSPS) is 20.1. The van der Waals surface area contributed by atoms with Gasteiger partial charge in [0, 0.05) is 25.7 Å². The van der Waals surface area contributed by atoms with Crippen LogP contribution < -0.4 is 5.73 Å². The van der Waals surface area contributed by atoms with E-state index in [1.807, 2.05) is 19.3 Å². The number of hydrogen-bond acceptors (Lipinski definition) is 3. The number of aliphatic carboxylic acids is 1. The molecular formula is C11H17N3O2. The molecule has 3 N–H and O–H groups in total. The third kappa shape index (κ3) is 1.51. The van der Waals surface area contributed by atoms with Crippen molar-refractivity contribution in [2.45, 2.75) is 25.2 Å². The molecule has 1 saturated carbocycles. The Balaban J connectivity index is 2.31. The summed E-state index contributed by atoms with van der Waals surface area (Å²) in [6.07, 6.45) is 4.21. The van der Waals surface area contributed by atoms with Gasteiger partial charge in [0.25, 0.3) is 0 Å². The number of aromatic nitrogens is 2. The highest BCUT2D eigenvalue weighted by molar-refractivity contribution is 5.77. The minimum atomic E-state index is -0.736. The van der Waals surface area contributed by atoms with Crippen molar-refractivity contribution in [3.05, 3.63) is 18.0 Å². The summed E-state index contributed by atoms with van der Waals surface area (Å²) in [6.45, 7) is 0.337. The molecule has 0 aromatic carbocycles. The van der Waals surface area contributed by atoms with Crippen LogP contribution in [-0.2, 0) is 11.8 Å². The van der Waals surface area contributed by atoms with E-state index in [9.17, 15) is 9.90 Å². The van der Waals surface area contributed by atoms with Crippen LogP contribution in [0.5, 0.6) is 0 Å². The van der Waals surface area contributed by atoms with E-state index in [4.69, 9.17) is 5.73 Å². The summed E-state index contributed by atoms with van der Waals surface area (Å²) < 4.78 is 1.69. The van der Waals surface area contributed by atoms with Gasteiger partial charge in [-0.05, 0) is 18.9 Å². The molecule has 0 unspecified atom stereocenters. The highest BCUT2D eigenvalue weighted by atomic mass is 16.4. The van der Waals surface area contributed by atoms with Gasteiger partial charge in [-0.3, -0.25) is 9.48 Å². The molecule has 88 valence electrons. The van der Waals surface area contributed by atoms with Crippen LogP contribution in [0.3, 0.4) is 0 Å². The first kappa shape index (κ1) is 11.1. The minimum absolute atomic E-state index is 0.167. The third-order valence-electron chi connectivity index (χ3n) is 3.67. The smallest absolute Gasteiger partial charge is 0.310 e. The van der Waals surface area contributed by atoms with E-state index in [2.05, 4.69) is 5.10 Å². The van der Waals surface area contributed by atoms with Crippen LogP contribution in [0.15, 0.2) is 12.3 Å². The molecule has 0 bridgehead atoms. The third-order valence-corrected chi connectivity index (χ3v) is 3.67. The first-order valence-corrected chi connectivity index (χ1v) is 5.53. The zero-order valence-electron chi connectivity index (χ0n) is 9.39. The van der Waals surface area contributed by atoms with Crippen molar-refractivity contribution >= 4 is 5.97 Å². The number of carboxylic acids is 1. The standard InChI is InChI=1S/C11H17N3O2/c1-14-6-3-9(13-14)8(7-12)11(10(15)16)4-2-5-11/h3,6,8H,2,4-5,7,12H2,1H3,(H,15,16)/t8-/m1/s1. The fourth-order valence-electron chi connectivity index (χ4n) is 2.52. The molecule has 0 amide bonds. The van der Waals surface area contributed by atoms with Crippen molar-refractivity contribution in [1.82, 2.24) is 9.78 Å². The molecular weight excluding hydrogens is 206 g/mol. The predicted molar refractivity (Wildman–Crippen MR) is 58.9 cm³/mol. The van der Waals surface area contributed by atoms with E-state index >= 15 is 0 Å². The Morgan fingerprint density at radius 2 is 2.44 bits per heavy atom. The van der Waals surface area contributed by atoms with Crippen LogP contribution in [0, 0.1) is 5.41 Å². The lowest BCUT2D eigenvalue weighted by molar-refractivity contribution is -0.156. The van der Waals surface area contributed by atoms with E-state index in [-0.39, 0.29) is 5.92 Å². The van der Waals surface area contributed by atoms with Crippen LogP contribution in [0.1, 0.15) is 30.9 Å². The van der Waals surface area contributed by atoms with Gasteiger partial charge in [-0.25, -0.2) is 0 Å². The van der Waals surface area contributed by atoms with Gasteiger partial charge in [-0.1, -0.05) is 6.42 Å². The van der Waals surface area contributed by atoms with E-state index in [0.717, 1.165) is 12.1 Å². The Morgan fingerprint density at radius 3 is 2.75 bits per heavy atom. The van der Waals surface area contributed by atoms with Crippen LogP contribution in [-0.4, -0.2) is 27.4 Å². The largest absolute Gasteiger partial charge is 0.481 e. The lowest BCUT2D eigenvalue weighted by Gasteiger charge is -2.43. The molecule has 16 heavy (non-hydrogen) atoms. The first-order valence-electron chi connectivity index (χ1n) is 5.53. The fraction of sp³-hybridized carbons (Fsp3) is 0.636. The summed E-state index contributed by atoms with van der Waals surface area (Å²) in [6, 6.07) is 1.86. The number of carboxylic acid groups (broad SMARTS) is 1. The zero-order valence-corrected chi connectivity index (χ0v) is 9.39.